The number of aryl methyl sites for hydroxylation is 1. The molecule has 1 N–H and O–H groups in total. The van der Waals surface area contributed by atoms with Crippen molar-refractivity contribution in [1.82, 2.24) is 5.16 Å². The number of ether oxygens (including phenoxy) is 1. The van der Waals surface area contributed by atoms with E-state index >= 15 is 0 Å². The summed E-state index contributed by atoms with van der Waals surface area (Å²) in [5.41, 5.74) is 2.94. The lowest BCUT2D eigenvalue weighted by atomic mass is 10.00. The number of hydrogen-bond acceptors (Lipinski definition) is 5. The third kappa shape index (κ3) is 4.29. The van der Waals surface area contributed by atoms with Crippen LogP contribution in [0.25, 0.3) is 11.1 Å². The molecular weight excluding hydrogens is 444 g/mol. The van der Waals surface area contributed by atoms with E-state index in [-0.39, 0.29) is 10.7 Å². The minimum absolute atomic E-state index is 0.162. The summed E-state index contributed by atoms with van der Waals surface area (Å²) in [6, 6.07) is 12.6. The second kappa shape index (κ2) is 8.46. The maximum atomic E-state index is 13.1. The minimum Gasteiger partial charge on any atom is -0.377 e. The first-order valence-corrected chi connectivity index (χ1v) is 11.0. The smallest absolute Gasteiger partial charge is 0.263 e. The average Bonchev–Trinajstić information content (AvgIpc) is 2.98. The van der Waals surface area contributed by atoms with E-state index in [1.54, 1.807) is 32.0 Å². The summed E-state index contributed by atoms with van der Waals surface area (Å²) in [5, 5.41) is 3.81. The number of rotatable bonds is 7. The van der Waals surface area contributed by atoms with Gasteiger partial charge in [0, 0.05) is 22.2 Å². The molecule has 0 saturated heterocycles. The van der Waals surface area contributed by atoms with Gasteiger partial charge in [0.1, 0.15) is 5.76 Å². The monoisotopic (exact) mass is 464 g/mol. The van der Waals surface area contributed by atoms with E-state index in [0.29, 0.717) is 30.1 Å². The number of aromatic nitrogens is 1. The molecule has 1 heterocycles. The molecule has 0 bridgehead atoms. The standard InChI is InChI=1S/C20H21BrN2O4S/c1-4-26-12-15-11-16(21)9-10-17(15)18-7-5-6-8-19(18)28(24,25)23-20-13(2)14(3)27-22-20/h5-11H,4,12H2,1-3H3,(H,22,23). The van der Waals surface area contributed by atoms with E-state index in [1.165, 1.54) is 0 Å². The molecule has 0 fully saturated rings. The van der Waals surface area contributed by atoms with Crippen LogP contribution in [-0.4, -0.2) is 20.2 Å². The zero-order chi connectivity index (χ0) is 20.3. The van der Waals surface area contributed by atoms with Crippen LogP contribution in [0.15, 0.2) is 56.4 Å². The van der Waals surface area contributed by atoms with Crippen LogP contribution in [0.2, 0.25) is 0 Å². The zero-order valence-electron chi connectivity index (χ0n) is 15.8. The Hall–Kier alpha value is -2.16. The van der Waals surface area contributed by atoms with E-state index < -0.39 is 10.0 Å². The van der Waals surface area contributed by atoms with Crippen molar-refractivity contribution in [2.24, 2.45) is 0 Å². The Balaban J connectivity index is 2.08. The molecule has 0 aliphatic heterocycles. The molecule has 0 saturated carbocycles. The minimum atomic E-state index is -3.87. The fraction of sp³-hybridized carbons (Fsp3) is 0.250. The van der Waals surface area contributed by atoms with Crippen LogP contribution >= 0.6 is 15.9 Å². The summed E-state index contributed by atoms with van der Waals surface area (Å²) in [4.78, 5) is 0.162. The summed E-state index contributed by atoms with van der Waals surface area (Å²) >= 11 is 3.47. The topological polar surface area (TPSA) is 81.4 Å². The molecule has 0 amide bonds. The van der Waals surface area contributed by atoms with E-state index in [4.69, 9.17) is 9.26 Å². The Morgan fingerprint density at radius 1 is 1.14 bits per heavy atom. The molecule has 0 aliphatic carbocycles. The van der Waals surface area contributed by atoms with Crippen LogP contribution in [0.3, 0.4) is 0 Å². The lowest BCUT2D eigenvalue weighted by molar-refractivity contribution is 0.134. The fourth-order valence-electron chi connectivity index (χ4n) is 2.78. The predicted molar refractivity (Wildman–Crippen MR) is 112 cm³/mol. The van der Waals surface area contributed by atoms with Gasteiger partial charge < -0.3 is 9.26 Å². The molecule has 6 nitrogen and oxygen atoms in total. The number of nitrogens with zero attached hydrogens (tertiary/aromatic N) is 1. The van der Waals surface area contributed by atoms with Crippen LogP contribution < -0.4 is 4.72 Å². The summed E-state index contributed by atoms with van der Waals surface area (Å²) in [5.74, 6) is 0.760. The Morgan fingerprint density at radius 3 is 2.57 bits per heavy atom. The van der Waals surface area contributed by atoms with Crippen molar-refractivity contribution in [3.8, 4) is 11.1 Å². The van der Waals surface area contributed by atoms with E-state index in [9.17, 15) is 8.42 Å². The van der Waals surface area contributed by atoms with Crippen molar-refractivity contribution in [3.63, 3.8) is 0 Å². The molecule has 0 aliphatic rings. The first kappa shape index (κ1) is 20.6. The molecular formula is C20H21BrN2O4S. The molecule has 28 heavy (non-hydrogen) atoms. The summed E-state index contributed by atoms with van der Waals surface area (Å²) < 4.78 is 40.3. The van der Waals surface area contributed by atoms with Crippen molar-refractivity contribution in [2.75, 3.05) is 11.3 Å². The second-order valence-electron chi connectivity index (χ2n) is 6.25. The lowest BCUT2D eigenvalue weighted by Crippen LogP contribution is -2.15. The van der Waals surface area contributed by atoms with E-state index in [1.807, 2.05) is 31.2 Å². The van der Waals surface area contributed by atoms with Gasteiger partial charge in [-0.25, -0.2) is 8.42 Å². The van der Waals surface area contributed by atoms with Crippen LogP contribution in [-0.2, 0) is 21.4 Å². The van der Waals surface area contributed by atoms with Gasteiger partial charge in [-0.15, -0.1) is 0 Å². The predicted octanol–water partition coefficient (Wildman–Crippen LogP) is 5.06. The van der Waals surface area contributed by atoms with Gasteiger partial charge in [0.2, 0.25) is 0 Å². The molecule has 3 aromatic rings. The van der Waals surface area contributed by atoms with Crippen LogP contribution in [0.4, 0.5) is 5.82 Å². The highest BCUT2D eigenvalue weighted by atomic mass is 79.9. The van der Waals surface area contributed by atoms with Gasteiger partial charge in [0.15, 0.2) is 5.82 Å². The van der Waals surface area contributed by atoms with Gasteiger partial charge in [-0.2, -0.15) is 0 Å². The molecule has 1 aromatic heterocycles. The molecule has 0 radical (unpaired) electrons. The van der Waals surface area contributed by atoms with Crippen molar-refractivity contribution in [2.45, 2.75) is 32.3 Å². The average molecular weight is 465 g/mol. The van der Waals surface area contributed by atoms with Crippen LogP contribution in [0.1, 0.15) is 23.8 Å². The first-order chi connectivity index (χ1) is 13.3. The Labute approximate surface area is 173 Å². The van der Waals surface area contributed by atoms with Crippen molar-refractivity contribution < 1.29 is 17.7 Å². The molecule has 148 valence electrons. The van der Waals surface area contributed by atoms with Crippen molar-refractivity contribution in [1.29, 1.82) is 0 Å². The number of halogens is 1. The first-order valence-electron chi connectivity index (χ1n) is 8.74. The van der Waals surface area contributed by atoms with Gasteiger partial charge in [0.25, 0.3) is 10.0 Å². The van der Waals surface area contributed by atoms with Gasteiger partial charge in [-0.3, -0.25) is 4.72 Å². The fourth-order valence-corrected chi connectivity index (χ4v) is 4.46. The highest BCUT2D eigenvalue weighted by molar-refractivity contribution is 9.10. The Kier molecular flexibility index (Phi) is 6.22. The quantitative estimate of drug-likeness (QED) is 0.528. The third-order valence-electron chi connectivity index (χ3n) is 4.38. The van der Waals surface area contributed by atoms with E-state index in [2.05, 4.69) is 25.8 Å². The Morgan fingerprint density at radius 2 is 1.89 bits per heavy atom. The maximum Gasteiger partial charge on any atom is 0.263 e. The van der Waals surface area contributed by atoms with Gasteiger partial charge in [-0.05, 0) is 50.1 Å². The number of nitrogens with one attached hydrogen (secondary N) is 1. The highest BCUT2D eigenvalue weighted by Gasteiger charge is 2.23. The molecule has 8 heteroatoms. The number of hydrogen-bond donors (Lipinski definition) is 1. The van der Waals surface area contributed by atoms with Crippen LogP contribution in [0, 0.1) is 13.8 Å². The summed E-state index contributed by atoms with van der Waals surface area (Å²) in [6.45, 7) is 6.36. The van der Waals surface area contributed by atoms with Crippen molar-refractivity contribution in [3.05, 3.63) is 63.8 Å². The molecule has 0 unspecified atom stereocenters. The Bertz CT molecular complexity index is 1090. The SMILES string of the molecule is CCOCc1cc(Br)ccc1-c1ccccc1S(=O)(=O)Nc1noc(C)c1C. The third-order valence-corrected chi connectivity index (χ3v) is 6.27. The summed E-state index contributed by atoms with van der Waals surface area (Å²) in [7, 11) is -3.87. The van der Waals surface area contributed by atoms with Crippen LogP contribution in [0.5, 0.6) is 0 Å². The molecule has 2 aromatic carbocycles. The molecule has 0 atom stereocenters. The number of sulfonamides is 1. The normalized spacial score (nSPS) is 11.6. The highest BCUT2D eigenvalue weighted by Crippen LogP contribution is 2.33. The largest absolute Gasteiger partial charge is 0.377 e. The molecule has 3 rings (SSSR count). The maximum absolute atomic E-state index is 13.1. The molecule has 0 spiro atoms. The number of benzene rings is 2. The zero-order valence-corrected chi connectivity index (χ0v) is 18.2. The lowest BCUT2D eigenvalue weighted by Gasteiger charge is -2.15. The number of anilines is 1. The van der Waals surface area contributed by atoms with Crippen molar-refractivity contribution >= 4 is 31.8 Å². The second-order valence-corrected chi connectivity index (χ2v) is 8.82. The summed E-state index contributed by atoms with van der Waals surface area (Å²) in [6.07, 6.45) is 0. The van der Waals surface area contributed by atoms with Gasteiger partial charge >= 0.3 is 0 Å². The van der Waals surface area contributed by atoms with E-state index in [0.717, 1.165) is 15.6 Å². The van der Waals surface area contributed by atoms with Gasteiger partial charge in [-0.1, -0.05) is 45.4 Å². The van der Waals surface area contributed by atoms with Gasteiger partial charge in [0.05, 0.1) is 11.5 Å².